The summed E-state index contributed by atoms with van der Waals surface area (Å²) in [6.45, 7) is 0. The number of methoxy groups -OCH3 is 1. The molecule has 0 bridgehead atoms. The van der Waals surface area contributed by atoms with E-state index in [4.69, 9.17) is 16.3 Å². The highest BCUT2D eigenvalue weighted by Gasteiger charge is 2.21. The maximum atomic E-state index is 9.62. The van der Waals surface area contributed by atoms with Gasteiger partial charge >= 0.3 is 0 Å². The monoisotopic (exact) mass is 303 g/mol. The first-order chi connectivity index (χ1) is 10.2. The van der Waals surface area contributed by atoms with Crippen LogP contribution in [0.5, 0.6) is 11.5 Å². The van der Waals surface area contributed by atoms with Gasteiger partial charge in [-0.2, -0.15) is 0 Å². The lowest BCUT2D eigenvalue weighted by Gasteiger charge is -2.28. The number of benzene rings is 2. The van der Waals surface area contributed by atoms with Crippen molar-refractivity contribution in [1.82, 2.24) is 0 Å². The molecule has 0 radical (unpaired) electrons. The highest BCUT2D eigenvalue weighted by Crippen LogP contribution is 2.37. The number of anilines is 1. The smallest absolute Gasteiger partial charge is 0.142 e. The minimum atomic E-state index is 0.210. The van der Waals surface area contributed by atoms with Crippen LogP contribution in [0.25, 0.3) is 0 Å². The van der Waals surface area contributed by atoms with Gasteiger partial charge in [-0.15, -0.1) is 0 Å². The van der Waals surface area contributed by atoms with Crippen molar-refractivity contribution in [3.63, 3.8) is 0 Å². The first kappa shape index (κ1) is 14.1. The number of aromatic hydroxyl groups is 1. The molecule has 3 rings (SSSR count). The van der Waals surface area contributed by atoms with Crippen LogP contribution < -0.4 is 10.1 Å². The Morgan fingerprint density at radius 3 is 2.90 bits per heavy atom. The molecular weight excluding hydrogens is 286 g/mol. The van der Waals surface area contributed by atoms with E-state index in [1.807, 2.05) is 30.3 Å². The normalized spacial score (nSPS) is 17.1. The minimum Gasteiger partial charge on any atom is -0.508 e. The third-order valence-corrected chi connectivity index (χ3v) is 4.17. The molecule has 0 heterocycles. The Morgan fingerprint density at radius 1 is 1.24 bits per heavy atom. The maximum Gasteiger partial charge on any atom is 0.142 e. The van der Waals surface area contributed by atoms with Crippen molar-refractivity contribution in [1.29, 1.82) is 0 Å². The third kappa shape index (κ3) is 2.93. The summed E-state index contributed by atoms with van der Waals surface area (Å²) >= 11 is 6.08. The third-order valence-electron chi connectivity index (χ3n) is 3.93. The molecule has 1 atom stereocenters. The Bertz CT molecular complexity index is 657. The molecule has 1 aliphatic rings. The average molecular weight is 304 g/mol. The molecule has 2 N–H and O–H groups in total. The number of phenols is 1. The van der Waals surface area contributed by atoms with Crippen molar-refractivity contribution < 1.29 is 9.84 Å². The van der Waals surface area contributed by atoms with Gasteiger partial charge in [-0.1, -0.05) is 17.7 Å². The van der Waals surface area contributed by atoms with E-state index in [1.165, 1.54) is 11.1 Å². The molecule has 21 heavy (non-hydrogen) atoms. The number of nitrogens with one attached hydrogen (secondary N) is 1. The number of phenolic OH excluding ortho intramolecular Hbond substituents is 1. The van der Waals surface area contributed by atoms with Crippen LogP contribution in [0.3, 0.4) is 0 Å². The summed E-state index contributed by atoms with van der Waals surface area (Å²) in [6, 6.07) is 11.4. The largest absolute Gasteiger partial charge is 0.508 e. The fraction of sp³-hybridized carbons (Fsp3) is 0.294. The molecule has 3 nitrogen and oxygen atoms in total. The fourth-order valence-electron chi connectivity index (χ4n) is 2.93. The minimum absolute atomic E-state index is 0.210. The molecule has 0 fully saturated rings. The number of fused-ring (bicyclic) bond motifs is 1. The van der Waals surface area contributed by atoms with Gasteiger partial charge < -0.3 is 15.2 Å². The molecule has 0 amide bonds. The summed E-state index contributed by atoms with van der Waals surface area (Å²) in [6.07, 6.45) is 3.15. The van der Waals surface area contributed by atoms with Crippen molar-refractivity contribution in [2.24, 2.45) is 0 Å². The van der Waals surface area contributed by atoms with Gasteiger partial charge in [0.25, 0.3) is 0 Å². The zero-order valence-electron chi connectivity index (χ0n) is 11.9. The summed E-state index contributed by atoms with van der Waals surface area (Å²) in [5, 5.41) is 13.8. The second kappa shape index (κ2) is 5.86. The zero-order valence-corrected chi connectivity index (χ0v) is 12.7. The molecule has 110 valence electrons. The van der Waals surface area contributed by atoms with Crippen molar-refractivity contribution in [3.05, 3.63) is 52.5 Å². The predicted octanol–water partition coefficient (Wildman–Crippen LogP) is 4.54. The van der Waals surface area contributed by atoms with Crippen molar-refractivity contribution in [2.75, 3.05) is 12.4 Å². The first-order valence-corrected chi connectivity index (χ1v) is 7.47. The Hall–Kier alpha value is -1.87. The van der Waals surface area contributed by atoms with Crippen LogP contribution in [0, 0.1) is 0 Å². The molecule has 0 saturated heterocycles. The molecule has 0 spiro atoms. The van der Waals surface area contributed by atoms with Gasteiger partial charge in [-0.25, -0.2) is 0 Å². The number of aryl methyl sites for hydroxylation is 1. The summed E-state index contributed by atoms with van der Waals surface area (Å²) in [7, 11) is 1.65. The summed E-state index contributed by atoms with van der Waals surface area (Å²) < 4.78 is 5.39. The van der Waals surface area contributed by atoms with E-state index in [0.29, 0.717) is 10.8 Å². The van der Waals surface area contributed by atoms with Crippen LogP contribution in [0.4, 0.5) is 5.69 Å². The molecule has 4 heteroatoms. The second-order valence-corrected chi connectivity index (χ2v) is 5.75. The van der Waals surface area contributed by atoms with Crippen LogP contribution in [0.2, 0.25) is 5.02 Å². The maximum absolute atomic E-state index is 9.62. The van der Waals surface area contributed by atoms with E-state index in [-0.39, 0.29) is 6.04 Å². The van der Waals surface area contributed by atoms with Gasteiger partial charge in [0, 0.05) is 5.02 Å². The summed E-state index contributed by atoms with van der Waals surface area (Å²) in [5.74, 6) is 1.11. The first-order valence-electron chi connectivity index (χ1n) is 7.09. The topological polar surface area (TPSA) is 41.5 Å². The number of hydrogen-bond acceptors (Lipinski definition) is 3. The Balaban J connectivity index is 1.92. The van der Waals surface area contributed by atoms with E-state index < -0.39 is 0 Å². The van der Waals surface area contributed by atoms with Gasteiger partial charge in [0.15, 0.2) is 0 Å². The van der Waals surface area contributed by atoms with E-state index in [2.05, 4.69) is 5.32 Å². The van der Waals surface area contributed by atoms with E-state index in [1.54, 1.807) is 13.2 Å². The predicted molar refractivity (Wildman–Crippen MR) is 85.4 cm³/mol. The van der Waals surface area contributed by atoms with Crippen LogP contribution in [0.1, 0.15) is 30.0 Å². The van der Waals surface area contributed by atoms with Gasteiger partial charge in [-0.05, 0) is 60.7 Å². The fourth-order valence-corrected chi connectivity index (χ4v) is 3.10. The van der Waals surface area contributed by atoms with Crippen LogP contribution in [0.15, 0.2) is 36.4 Å². The van der Waals surface area contributed by atoms with Crippen LogP contribution in [-0.4, -0.2) is 12.2 Å². The van der Waals surface area contributed by atoms with Crippen LogP contribution >= 0.6 is 11.6 Å². The van der Waals surface area contributed by atoms with Gasteiger partial charge in [0.1, 0.15) is 11.5 Å². The quantitative estimate of drug-likeness (QED) is 0.874. The Kier molecular flexibility index (Phi) is 3.93. The average Bonchev–Trinajstić information content (AvgIpc) is 2.47. The zero-order chi connectivity index (χ0) is 14.8. The number of hydrogen-bond donors (Lipinski definition) is 2. The van der Waals surface area contributed by atoms with E-state index in [9.17, 15) is 5.11 Å². The molecule has 2 aromatic rings. The molecule has 1 unspecified atom stereocenters. The van der Waals surface area contributed by atoms with Crippen molar-refractivity contribution in [2.45, 2.75) is 25.3 Å². The second-order valence-electron chi connectivity index (χ2n) is 5.32. The molecule has 1 aliphatic carbocycles. The van der Waals surface area contributed by atoms with Gasteiger partial charge in [0.05, 0.1) is 18.8 Å². The molecule has 2 aromatic carbocycles. The number of ether oxygens (including phenoxy) is 1. The highest BCUT2D eigenvalue weighted by atomic mass is 35.5. The number of rotatable bonds is 3. The lowest BCUT2D eigenvalue weighted by molar-refractivity contribution is 0.415. The number of halogens is 1. The molecule has 0 aromatic heterocycles. The highest BCUT2D eigenvalue weighted by molar-refractivity contribution is 6.30. The molecule has 0 aliphatic heterocycles. The van der Waals surface area contributed by atoms with Gasteiger partial charge in [0.2, 0.25) is 0 Å². The molecule has 0 saturated carbocycles. The van der Waals surface area contributed by atoms with Crippen LogP contribution in [-0.2, 0) is 6.42 Å². The SMILES string of the molecule is COc1ccc(Cl)cc1NC1CCCc2cc(O)ccc21. The standard InChI is InChI=1S/C17H18ClNO2/c1-21-17-8-5-12(18)10-16(17)19-15-4-2-3-11-9-13(20)6-7-14(11)15/h5-10,15,19-20H,2-4H2,1H3. The van der Waals surface area contributed by atoms with Crippen molar-refractivity contribution in [3.8, 4) is 11.5 Å². The van der Waals surface area contributed by atoms with E-state index >= 15 is 0 Å². The molecular formula is C17H18ClNO2. The lowest BCUT2D eigenvalue weighted by Crippen LogP contribution is -2.17. The summed E-state index contributed by atoms with van der Waals surface area (Å²) in [5.41, 5.74) is 3.34. The van der Waals surface area contributed by atoms with Crippen molar-refractivity contribution >= 4 is 17.3 Å². The lowest BCUT2D eigenvalue weighted by atomic mass is 9.87. The Morgan fingerprint density at radius 2 is 2.10 bits per heavy atom. The Labute approximate surface area is 129 Å². The van der Waals surface area contributed by atoms with Gasteiger partial charge in [-0.3, -0.25) is 0 Å². The van der Waals surface area contributed by atoms with E-state index in [0.717, 1.165) is 30.7 Å². The summed E-state index contributed by atoms with van der Waals surface area (Å²) in [4.78, 5) is 0.